The molecule has 92 valence electrons. The van der Waals surface area contributed by atoms with Crippen molar-refractivity contribution in [2.45, 2.75) is 45.8 Å². The van der Waals surface area contributed by atoms with E-state index < -0.39 is 0 Å². The average Bonchev–Trinajstić information content (AvgIpc) is 2.68. The van der Waals surface area contributed by atoms with Crippen LogP contribution in [0.2, 0.25) is 0 Å². The molecule has 1 heterocycles. The number of para-hydroxylation sites is 1. The molecule has 1 aromatic heterocycles. The van der Waals surface area contributed by atoms with Crippen molar-refractivity contribution in [3.63, 3.8) is 0 Å². The number of hydrogen-bond acceptors (Lipinski definition) is 2. The van der Waals surface area contributed by atoms with Crippen LogP contribution in [-0.4, -0.2) is 21.0 Å². The molecular weight excluding hydrogens is 212 g/mol. The molecule has 1 N–H and O–H groups in total. The van der Waals surface area contributed by atoms with Crippen LogP contribution in [0.25, 0.3) is 10.9 Å². The first-order chi connectivity index (χ1) is 8.22. The molecule has 0 spiro atoms. The predicted octanol–water partition coefficient (Wildman–Crippen LogP) is 2.76. The summed E-state index contributed by atoms with van der Waals surface area (Å²) >= 11 is 0. The molecule has 0 fully saturated rings. The first kappa shape index (κ1) is 12.1. The maximum atomic E-state index is 9.27. The van der Waals surface area contributed by atoms with E-state index in [4.69, 9.17) is 0 Å². The second-order valence-electron chi connectivity index (χ2n) is 4.52. The molecule has 2 aromatic rings. The molecule has 0 radical (unpaired) electrons. The molecule has 3 heteroatoms. The van der Waals surface area contributed by atoms with Crippen LogP contribution in [0.4, 0.5) is 0 Å². The van der Waals surface area contributed by atoms with Crippen LogP contribution in [0.15, 0.2) is 24.3 Å². The number of aliphatic hydroxyl groups excluding tert-OH is 1. The number of aromatic nitrogens is 2. The van der Waals surface area contributed by atoms with E-state index in [0.29, 0.717) is 0 Å². The summed E-state index contributed by atoms with van der Waals surface area (Å²) in [5.41, 5.74) is 2.37. The summed E-state index contributed by atoms with van der Waals surface area (Å²) in [6.45, 7) is 4.85. The van der Waals surface area contributed by atoms with Crippen LogP contribution in [0.3, 0.4) is 0 Å². The summed E-state index contributed by atoms with van der Waals surface area (Å²) in [7, 11) is 0. The molecule has 3 nitrogen and oxygen atoms in total. The van der Waals surface area contributed by atoms with Gasteiger partial charge in [-0.2, -0.15) is 5.10 Å². The number of aryl methyl sites for hydroxylation is 2. The first-order valence-electron chi connectivity index (χ1n) is 6.35. The molecule has 1 unspecified atom stereocenters. The third-order valence-corrected chi connectivity index (χ3v) is 3.07. The van der Waals surface area contributed by atoms with Crippen molar-refractivity contribution in [3.8, 4) is 0 Å². The van der Waals surface area contributed by atoms with E-state index in [1.54, 1.807) is 0 Å². The molecule has 1 atom stereocenters. The second-order valence-corrected chi connectivity index (χ2v) is 4.52. The van der Waals surface area contributed by atoms with Gasteiger partial charge in [0.15, 0.2) is 0 Å². The van der Waals surface area contributed by atoms with Crippen LogP contribution in [0, 0.1) is 0 Å². The van der Waals surface area contributed by atoms with Gasteiger partial charge in [-0.1, -0.05) is 18.2 Å². The Balaban J connectivity index is 2.22. The monoisotopic (exact) mass is 232 g/mol. The third-order valence-electron chi connectivity index (χ3n) is 3.07. The van der Waals surface area contributed by atoms with Gasteiger partial charge in [-0.05, 0) is 39.2 Å². The van der Waals surface area contributed by atoms with E-state index in [1.165, 1.54) is 10.9 Å². The maximum absolute atomic E-state index is 9.27. The van der Waals surface area contributed by atoms with Gasteiger partial charge in [0.05, 0.1) is 17.3 Å². The smallest absolute Gasteiger partial charge is 0.0703 e. The number of hydrogen-bond donors (Lipinski definition) is 1. The second kappa shape index (κ2) is 5.32. The lowest BCUT2D eigenvalue weighted by atomic mass is 10.1. The van der Waals surface area contributed by atoms with Crippen molar-refractivity contribution >= 4 is 10.9 Å². The van der Waals surface area contributed by atoms with Crippen LogP contribution < -0.4 is 0 Å². The van der Waals surface area contributed by atoms with E-state index in [2.05, 4.69) is 36.3 Å². The molecule has 0 saturated carbocycles. The van der Waals surface area contributed by atoms with Crippen molar-refractivity contribution in [3.05, 3.63) is 30.0 Å². The molecule has 0 amide bonds. The number of benzene rings is 1. The Morgan fingerprint density at radius 2 is 2.12 bits per heavy atom. The lowest BCUT2D eigenvalue weighted by Crippen LogP contribution is -2.01. The molecule has 2 rings (SSSR count). The lowest BCUT2D eigenvalue weighted by molar-refractivity contribution is 0.181. The summed E-state index contributed by atoms with van der Waals surface area (Å²) < 4.78 is 2.05. The van der Waals surface area contributed by atoms with Crippen molar-refractivity contribution in [1.29, 1.82) is 0 Å². The normalized spacial score (nSPS) is 13.1. The van der Waals surface area contributed by atoms with Gasteiger partial charge in [0.2, 0.25) is 0 Å². The summed E-state index contributed by atoms with van der Waals surface area (Å²) in [6, 6.07) is 8.36. The Hall–Kier alpha value is -1.35. The van der Waals surface area contributed by atoms with Crippen molar-refractivity contribution in [1.82, 2.24) is 9.78 Å². The number of rotatable bonds is 5. The van der Waals surface area contributed by atoms with Crippen molar-refractivity contribution in [2.24, 2.45) is 0 Å². The zero-order chi connectivity index (χ0) is 12.3. The van der Waals surface area contributed by atoms with Gasteiger partial charge in [0.25, 0.3) is 0 Å². The SMILES string of the molecule is CCn1nc(CCCC(C)O)c2ccccc21. The zero-order valence-corrected chi connectivity index (χ0v) is 10.6. The topological polar surface area (TPSA) is 38.0 Å². The third kappa shape index (κ3) is 2.67. The van der Waals surface area contributed by atoms with Gasteiger partial charge in [-0.25, -0.2) is 0 Å². The standard InChI is InChI=1S/C14H20N2O/c1-3-16-14-10-5-4-8-12(14)13(15-16)9-6-7-11(2)17/h4-5,8,10-11,17H,3,6-7,9H2,1-2H3. The highest BCUT2D eigenvalue weighted by Crippen LogP contribution is 2.20. The van der Waals surface area contributed by atoms with Gasteiger partial charge in [0, 0.05) is 11.9 Å². The first-order valence-corrected chi connectivity index (χ1v) is 6.35. The molecule has 1 aromatic carbocycles. The largest absolute Gasteiger partial charge is 0.393 e. The fourth-order valence-corrected chi connectivity index (χ4v) is 2.19. The average molecular weight is 232 g/mol. The summed E-state index contributed by atoms with van der Waals surface area (Å²) in [5, 5.41) is 15.2. The summed E-state index contributed by atoms with van der Waals surface area (Å²) in [6.07, 6.45) is 2.56. The maximum Gasteiger partial charge on any atom is 0.0703 e. The highest BCUT2D eigenvalue weighted by atomic mass is 16.3. The molecule has 0 bridgehead atoms. The summed E-state index contributed by atoms with van der Waals surface area (Å²) in [4.78, 5) is 0. The molecule has 0 saturated heterocycles. The van der Waals surface area contributed by atoms with E-state index in [1.807, 2.05) is 11.6 Å². The van der Waals surface area contributed by atoms with Gasteiger partial charge in [-0.15, -0.1) is 0 Å². The van der Waals surface area contributed by atoms with Crippen molar-refractivity contribution < 1.29 is 5.11 Å². The van der Waals surface area contributed by atoms with Crippen LogP contribution >= 0.6 is 0 Å². The van der Waals surface area contributed by atoms with Gasteiger partial charge >= 0.3 is 0 Å². The Kier molecular flexibility index (Phi) is 3.79. The minimum absolute atomic E-state index is 0.213. The highest BCUT2D eigenvalue weighted by Gasteiger charge is 2.08. The molecule has 0 aliphatic heterocycles. The van der Waals surface area contributed by atoms with Gasteiger partial charge in [0.1, 0.15) is 0 Å². The highest BCUT2D eigenvalue weighted by molar-refractivity contribution is 5.81. The fourth-order valence-electron chi connectivity index (χ4n) is 2.19. The van der Waals surface area contributed by atoms with Gasteiger partial charge in [-0.3, -0.25) is 4.68 Å². The lowest BCUT2D eigenvalue weighted by Gasteiger charge is -2.01. The Morgan fingerprint density at radius 3 is 2.82 bits per heavy atom. The van der Waals surface area contributed by atoms with Crippen LogP contribution in [0.5, 0.6) is 0 Å². The predicted molar refractivity (Wildman–Crippen MR) is 70.0 cm³/mol. The zero-order valence-electron chi connectivity index (χ0n) is 10.6. The quantitative estimate of drug-likeness (QED) is 0.860. The van der Waals surface area contributed by atoms with Gasteiger partial charge < -0.3 is 5.11 Å². The molecular formula is C14H20N2O. The molecule has 0 aliphatic carbocycles. The molecule has 17 heavy (non-hydrogen) atoms. The van der Waals surface area contributed by atoms with E-state index in [0.717, 1.165) is 31.5 Å². The Bertz CT molecular complexity index is 488. The fraction of sp³-hybridized carbons (Fsp3) is 0.500. The Morgan fingerprint density at radius 1 is 1.35 bits per heavy atom. The molecule has 0 aliphatic rings. The minimum atomic E-state index is -0.213. The minimum Gasteiger partial charge on any atom is -0.393 e. The van der Waals surface area contributed by atoms with Crippen molar-refractivity contribution in [2.75, 3.05) is 0 Å². The number of fused-ring (bicyclic) bond motifs is 1. The number of nitrogens with zero attached hydrogens (tertiary/aromatic N) is 2. The van der Waals surface area contributed by atoms with E-state index in [-0.39, 0.29) is 6.10 Å². The Labute approximate surface area is 102 Å². The number of aliphatic hydroxyl groups is 1. The van der Waals surface area contributed by atoms with Crippen LogP contribution in [0.1, 0.15) is 32.4 Å². The van der Waals surface area contributed by atoms with E-state index in [9.17, 15) is 5.11 Å². The summed E-state index contributed by atoms with van der Waals surface area (Å²) in [5.74, 6) is 0. The van der Waals surface area contributed by atoms with E-state index >= 15 is 0 Å². The van der Waals surface area contributed by atoms with Crippen LogP contribution in [-0.2, 0) is 13.0 Å².